The van der Waals surface area contributed by atoms with Crippen LogP contribution in [0.25, 0.3) is 0 Å². The van der Waals surface area contributed by atoms with Crippen LogP contribution in [0.1, 0.15) is 0 Å². The predicted molar refractivity (Wildman–Crippen MR) is 32.9 cm³/mol. The smallest absolute Gasteiger partial charge is 0.463 e. The molecule has 0 heterocycles. The molecule has 0 amide bonds. The SMILES string of the molecule is C=CCO[B]O[SiH3]. The molecule has 0 N–H and O–H groups in total. The van der Waals surface area contributed by atoms with Crippen molar-refractivity contribution in [1.82, 2.24) is 0 Å². The van der Waals surface area contributed by atoms with Gasteiger partial charge in [0.15, 0.2) is 0 Å². The summed E-state index contributed by atoms with van der Waals surface area (Å²) >= 11 is 0. The molecule has 39 valence electrons. The van der Waals surface area contributed by atoms with E-state index in [0.29, 0.717) is 17.1 Å². The average molecular weight is 115 g/mol. The minimum Gasteiger partial charge on any atom is -0.463 e. The topological polar surface area (TPSA) is 18.5 Å². The summed E-state index contributed by atoms with van der Waals surface area (Å²) in [5.74, 6) is 0. The van der Waals surface area contributed by atoms with Gasteiger partial charge in [-0.3, -0.25) is 0 Å². The lowest BCUT2D eigenvalue weighted by molar-refractivity contribution is 0.334. The zero-order valence-electron chi connectivity index (χ0n) is 4.39. The molecule has 0 aromatic carbocycles. The molecule has 0 fully saturated rings. The molecule has 0 bridgehead atoms. The fourth-order valence-electron chi connectivity index (χ4n) is 0.175. The van der Waals surface area contributed by atoms with E-state index in [-0.39, 0.29) is 0 Å². The van der Waals surface area contributed by atoms with E-state index in [1.54, 1.807) is 6.08 Å². The van der Waals surface area contributed by atoms with Gasteiger partial charge in [-0.2, -0.15) is 0 Å². The van der Waals surface area contributed by atoms with Crippen molar-refractivity contribution in [3.8, 4) is 0 Å². The molecule has 0 spiro atoms. The molecule has 7 heavy (non-hydrogen) atoms. The summed E-state index contributed by atoms with van der Waals surface area (Å²) in [6.45, 7) is 3.97. The molecule has 0 aliphatic rings. The highest BCUT2D eigenvalue weighted by Crippen LogP contribution is 1.68. The third kappa shape index (κ3) is 5.94. The van der Waals surface area contributed by atoms with Gasteiger partial charge in [-0.1, -0.05) is 6.08 Å². The highest BCUT2D eigenvalue weighted by molar-refractivity contribution is 6.27. The van der Waals surface area contributed by atoms with Crippen molar-refractivity contribution >= 4 is 18.2 Å². The molecule has 0 rings (SSSR count). The standard InChI is InChI=1S/C3H8BO2Si/c1-2-3-5-4-6-7/h2H,1,3H2,7H3. The second-order valence-corrected chi connectivity index (χ2v) is 1.43. The summed E-state index contributed by atoms with van der Waals surface area (Å²) in [5.41, 5.74) is 0. The third-order valence-electron chi connectivity index (χ3n) is 0.378. The van der Waals surface area contributed by atoms with Crippen LogP contribution in [0.3, 0.4) is 0 Å². The van der Waals surface area contributed by atoms with Gasteiger partial charge in [0.2, 0.25) is 0 Å². The highest BCUT2D eigenvalue weighted by atomic mass is 28.2. The highest BCUT2D eigenvalue weighted by Gasteiger charge is 1.81. The lowest BCUT2D eigenvalue weighted by Crippen LogP contribution is -2.00. The Balaban J connectivity index is 2.56. The molecule has 0 aromatic heterocycles. The van der Waals surface area contributed by atoms with Crippen LogP contribution < -0.4 is 0 Å². The molecular weight excluding hydrogens is 107 g/mol. The lowest BCUT2D eigenvalue weighted by Gasteiger charge is -1.91. The Morgan fingerprint density at radius 2 is 2.57 bits per heavy atom. The Morgan fingerprint density at radius 1 is 1.86 bits per heavy atom. The minimum atomic E-state index is 0.530. The van der Waals surface area contributed by atoms with E-state index in [9.17, 15) is 0 Å². The van der Waals surface area contributed by atoms with Gasteiger partial charge in [0.05, 0.1) is 0 Å². The number of hydrogen-bond acceptors (Lipinski definition) is 2. The molecule has 0 atom stereocenters. The van der Waals surface area contributed by atoms with Crippen LogP contribution in [0.5, 0.6) is 0 Å². The Morgan fingerprint density at radius 3 is 3.00 bits per heavy atom. The van der Waals surface area contributed by atoms with Crippen LogP contribution in [0.2, 0.25) is 0 Å². The number of rotatable bonds is 4. The normalized spacial score (nSPS) is 8.57. The van der Waals surface area contributed by atoms with Gasteiger partial charge in [-0.05, 0) is 0 Å². The van der Waals surface area contributed by atoms with Crippen LogP contribution in [0.4, 0.5) is 0 Å². The number of hydrogen-bond donors (Lipinski definition) is 0. The second kappa shape index (κ2) is 5.94. The predicted octanol–water partition coefficient (Wildman–Crippen LogP) is -0.980. The average Bonchev–Trinajstić information content (AvgIpc) is 1.69. The Kier molecular flexibility index (Phi) is 5.89. The van der Waals surface area contributed by atoms with E-state index >= 15 is 0 Å². The van der Waals surface area contributed by atoms with E-state index < -0.39 is 0 Å². The summed E-state index contributed by atoms with van der Waals surface area (Å²) < 4.78 is 9.29. The first-order valence-electron chi connectivity index (χ1n) is 1.98. The van der Waals surface area contributed by atoms with Crippen molar-refractivity contribution in [3.05, 3.63) is 12.7 Å². The van der Waals surface area contributed by atoms with E-state index in [1.807, 2.05) is 0 Å². The Labute approximate surface area is 47.4 Å². The molecule has 0 aromatic rings. The van der Waals surface area contributed by atoms with Gasteiger partial charge < -0.3 is 9.00 Å². The molecular formula is C3H8BO2Si. The monoisotopic (exact) mass is 115 g/mol. The third-order valence-corrected chi connectivity index (χ3v) is 0.571. The first kappa shape index (κ1) is 6.94. The first-order chi connectivity index (χ1) is 3.41. The van der Waals surface area contributed by atoms with Gasteiger partial charge in [-0.15, -0.1) is 6.58 Å². The molecule has 0 saturated carbocycles. The van der Waals surface area contributed by atoms with Crippen molar-refractivity contribution < 1.29 is 9.00 Å². The first-order valence-corrected chi connectivity index (χ1v) is 2.80. The molecule has 2 nitrogen and oxygen atoms in total. The molecule has 1 radical (unpaired) electrons. The molecule has 0 saturated heterocycles. The van der Waals surface area contributed by atoms with Gasteiger partial charge in [0.25, 0.3) is 0 Å². The summed E-state index contributed by atoms with van der Waals surface area (Å²) in [6.07, 6.45) is 1.66. The van der Waals surface area contributed by atoms with E-state index in [0.717, 1.165) is 0 Å². The van der Waals surface area contributed by atoms with Gasteiger partial charge in [0, 0.05) is 6.61 Å². The van der Waals surface area contributed by atoms with Crippen molar-refractivity contribution in [3.63, 3.8) is 0 Å². The second-order valence-electron chi connectivity index (χ2n) is 0.954. The van der Waals surface area contributed by atoms with Gasteiger partial charge >= 0.3 is 7.69 Å². The van der Waals surface area contributed by atoms with Crippen molar-refractivity contribution in [2.75, 3.05) is 6.61 Å². The maximum absolute atomic E-state index is 4.70. The quantitative estimate of drug-likeness (QED) is 0.266. The van der Waals surface area contributed by atoms with Crippen molar-refractivity contribution in [2.45, 2.75) is 0 Å². The van der Waals surface area contributed by atoms with Crippen LogP contribution in [0.15, 0.2) is 12.7 Å². The largest absolute Gasteiger partial charge is 0.476 e. The summed E-state index contributed by atoms with van der Waals surface area (Å²) in [4.78, 5) is 0. The zero-order valence-corrected chi connectivity index (χ0v) is 6.39. The maximum Gasteiger partial charge on any atom is 0.476 e. The fraction of sp³-hybridized carbons (Fsp3) is 0.333. The van der Waals surface area contributed by atoms with Crippen molar-refractivity contribution in [2.24, 2.45) is 0 Å². The van der Waals surface area contributed by atoms with Crippen LogP contribution in [-0.4, -0.2) is 24.8 Å². The van der Waals surface area contributed by atoms with E-state index in [4.69, 9.17) is 4.65 Å². The van der Waals surface area contributed by atoms with Crippen molar-refractivity contribution in [1.29, 1.82) is 0 Å². The molecule has 4 heteroatoms. The molecule has 0 aliphatic carbocycles. The van der Waals surface area contributed by atoms with Crippen LogP contribution in [0, 0.1) is 0 Å². The maximum atomic E-state index is 4.70. The van der Waals surface area contributed by atoms with Gasteiger partial charge in [0.1, 0.15) is 10.5 Å². The van der Waals surface area contributed by atoms with Gasteiger partial charge in [-0.25, -0.2) is 0 Å². The molecule has 0 unspecified atom stereocenters. The molecule has 0 aliphatic heterocycles. The lowest BCUT2D eigenvalue weighted by atomic mass is 10.4. The summed E-state index contributed by atoms with van der Waals surface area (Å²) in [5, 5.41) is 0. The van der Waals surface area contributed by atoms with E-state index in [2.05, 4.69) is 10.9 Å². The zero-order chi connectivity index (χ0) is 5.54. The van der Waals surface area contributed by atoms with E-state index in [1.165, 1.54) is 7.69 Å². The van der Waals surface area contributed by atoms with Crippen LogP contribution in [-0.2, 0) is 9.00 Å². The summed E-state index contributed by atoms with van der Waals surface area (Å²) in [6, 6.07) is 0. The summed E-state index contributed by atoms with van der Waals surface area (Å²) in [7, 11) is 2.02. The minimum absolute atomic E-state index is 0.530. The Bertz CT molecular complexity index is 50.2. The fourth-order valence-corrected chi connectivity index (χ4v) is 0.311. The Hall–Kier alpha value is -0.0582. The van der Waals surface area contributed by atoms with Crippen LogP contribution >= 0.6 is 0 Å².